The normalized spacial score (nSPS) is 13.2. The second kappa shape index (κ2) is 4.82. The first kappa shape index (κ1) is 13.0. The second-order valence-corrected chi connectivity index (χ2v) is 4.12. The van der Waals surface area contributed by atoms with Crippen LogP contribution in [0.3, 0.4) is 0 Å². The van der Waals surface area contributed by atoms with Gasteiger partial charge in [-0.2, -0.15) is 0 Å². The van der Waals surface area contributed by atoms with E-state index in [2.05, 4.69) is 0 Å². The number of hydrogen-bond acceptors (Lipinski definition) is 1. The van der Waals surface area contributed by atoms with Crippen LogP contribution in [0.15, 0.2) is 6.07 Å². The van der Waals surface area contributed by atoms with Crippen molar-refractivity contribution in [1.82, 2.24) is 0 Å². The maximum atomic E-state index is 13.3. The summed E-state index contributed by atoms with van der Waals surface area (Å²) in [5.74, 6) is -5.60. The maximum absolute atomic E-state index is 13.3. The fourth-order valence-corrected chi connectivity index (χ4v) is 1.54. The zero-order chi connectivity index (χ0) is 12.5. The summed E-state index contributed by atoms with van der Waals surface area (Å²) < 4.78 is 52.3. The average molecular weight is 235 g/mol. The monoisotopic (exact) mass is 235 g/mol. The van der Waals surface area contributed by atoms with E-state index in [1.54, 1.807) is 13.8 Å². The molecule has 0 spiro atoms. The van der Waals surface area contributed by atoms with Crippen LogP contribution in [0.2, 0.25) is 0 Å². The summed E-state index contributed by atoms with van der Waals surface area (Å²) in [7, 11) is 0. The lowest BCUT2D eigenvalue weighted by atomic mass is 9.96. The van der Waals surface area contributed by atoms with E-state index in [1.165, 1.54) is 0 Å². The Balaban J connectivity index is 3.21. The van der Waals surface area contributed by atoms with Crippen molar-refractivity contribution in [3.8, 4) is 0 Å². The Morgan fingerprint density at radius 2 is 1.50 bits per heavy atom. The molecular formula is C11H13F4N. The van der Waals surface area contributed by atoms with Gasteiger partial charge in [-0.3, -0.25) is 0 Å². The molecule has 1 nitrogen and oxygen atoms in total. The zero-order valence-corrected chi connectivity index (χ0v) is 9.03. The van der Waals surface area contributed by atoms with Gasteiger partial charge in [-0.1, -0.05) is 13.8 Å². The highest BCUT2D eigenvalue weighted by Gasteiger charge is 2.24. The predicted octanol–water partition coefficient (Wildman–Crippen LogP) is 3.29. The third kappa shape index (κ3) is 2.52. The van der Waals surface area contributed by atoms with Gasteiger partial charge in [-0.25, -0.2) is 17.6 Å². The number of rotatable bonds is 3. The molecule has 0 amide bonds. The lowest BCUT2D eigenvalue weighted by molar-refractivity contribution is 0.408. The third-order valence-corrected chi connectivity index (χ3v) is 2.24. The Labute approximate surface area is 91.3 Å². The Kier molecular flexibility index (Phi) is 3.91. The van der Waals surface area contributed by atoms with Crippen molar-refractivity contribution < 1.29 is 17.6 Å². The molecule has 1 rings (SSSR count). The minimum Gasteiger partial charge on any atom is -0.324 e. The van der Waals surface area contributed by atoms with Gasteiger partial charge in [0.05, 0.1) is 0 Å². The fraction of sp³-hybridized carbons (Fsp3) is 0.455. The van der Waals surface area contributed by atoms with E-state index >= 15 is 0 Å². The molecule has 0 aliphatic carbocycles. The summed E-state index contributed by atoms with van der Waals surface area (Å²) in [5.41, 5.74) is 4.81. The molecule has 0 fully saturated rings. The van der Waals surface area contributed by atoms with Crippen molar-refractivity contribution in [2.45, 2.75) is 26.3 Å². The third-order valence-electron chi connectivity index (χ3n) is 2.24. The van der Waals surface area contributed by atoms with E-state index in [1.807, 2.05) is 0 Å². The van der Waals surface area contributed by atoms with Crippen LogP contribution in [0.25, 0.3) is 0 Å². The van der Waals surface area contributed by atoms with E-state index in [0.717, 1.165) is 0 Å². The summed E-state index contributed by atoms with van der Waals surface area (Å²) in [6.45, 7) is 3.59. The molecule has 0 heterocycles. The summed E-state index contributed by atoms with van der Waals surface area (Å²) in [4.78, 5) is 0. The Bertz CT molecular complexity index is 364. The van der Waals surface area contributed by atoms with Gasteiger partial charge < -0.3 is 5.73 Å². The summed E-state index contributed by atoms with van der Waals surface area (Å²) in [5, 5.41) is 0. The molecule has 0 aromatic heterocycles. The van der Waals surface area contributed by atoms with E-state index < -0.39 is 34.9 Å². The number of hydrogen-bond donors (Lipinski definition) is 1. The standard InChI is InChI=1S/C11H13F4N/c1-5(2)3-8(16)9-10(14)6(12)4-7(13)11(9)15/h4-5,8H,3,16H2,1-2H3/t8-/m0/s1. The van der Waals surface area contributed by atoms with Crippen molar-refractivity contribution in [3.05, 3.63) is 34.9 Å². The molecule has 90 valence electrons. The van der Waals surface area contributed by atoms with Crippen LogP contribution >= 0.6 is 0 Å². The van der Waals surface area contributed by atoms with Crippen molar-refractivity contribution in [2.75, 3.05) is 0 Å². The minimum atomic E-state index is -1.42. The molecule has 0 aliphatic heterocycles. The highest BCUT2D eigenvalue weighted by atomic mass is 19.2. The van der Waals surface area contributed by atoms with E-state index in [0.29, 0.717) is 0 Å². The Morgan fingerprint density at radius 1 is 1.06 bits per heavy atom. The van der Waals surface area contributed by atoms with E-state index in [9.17, 15) is 17.6 Å². The average Bonchev–Trinajstić information content (AvgIpc) is 2.14. The highest BCUT2D eigenvalue weighted by Crippen LogP contribution is 2.27. The predicted molar refractivity (Wildman–Crippen MR) is 52.7 cm³/mol. The van der Waals surface area contributed by atoms with Gasteiger partial charge in [-0.15, -0.1) is 0 Å². The van der Waals surface area contributed by atoms with Crippen LogP contribution in [0.5, 0.6) is 0 Å². The molecule has 0 radical (unpaired) electrons. The highest BCUT2D eigenvalue weighted by molar-refractivity contribution is 5.25. The number of nitrogens with two attached hydrogens (primary N) is 1. The number of halogens is 4. The van der Waals surface area contributed by atoms with Gasteiger partial charge in [0.25, 0.3) is 0 Å². The first-order chi connectivity index (χ1) is 7.34. The van der Waals surface area contributed by atoms with Crippen LogP contribution in [0.1, 0.15) is 31.9 Å². The smallest absolute Gasteiger partial charge is 0.166 e. The van der Waals surface area contributed by atoms with Gasteiger partial charge in [0.1, 0.15) is 0 Å². The Hall–Kier alpha value is -1.10. The summed E-state index contributed by atoms with van der Waals surface area (Å²) in [6.07, 6.45) is 0.247. The van der Waals surface area contributed by atoms with E-state index in [-0.39, 0.29) is 18.4 Å². The molecule has 16 heavy (non-hydrogen) atoms. The first-order valence-electron chi connectivity index (χ1n) is 4.93. The SMILES string of the molecule is CC(C)C[C@H](N)c1c(F)c(F)cc(F)c1F. The van der Waals surface area contributed by atoms with E-state index in [4.69, 9.17) is 5.73 Å². The molecule has 0 saturated carbocycles. The lowest BCUT2D eigenvalue weighted by Crippen LogP contribution is -2.18. The topological polar surface area (TPSA) is 26.0 Å². The minimum absolute atomic E-state index is 0.0696. The maximum Gasteiger partial charge on any atom is 0.166 e. The van der Waals surface area contributed by atoms with Gasteiger partial charge in [0, 0.05) is 17.7 Å². The van der Waals surface area contributed by atoms with Crippen LogP contribution in [0.4, 0.5) is 17.6 Å². The summed E-state index contributed by atoms with van der Waals surface area (Å²) >= 11 is 0. The number of benzene rings is 1. The van der Waals surface area contributed by atoms with Crippen LogP contribution in [-0.4, -0.2) is 0 Å². The molecule has 1 aromatic rings. The van der Waals surface area contributed by atoms with Crippen molar-refractivity contribution in [3.63, 3.8) is 0 Å². The first-order valence-corrected chi connectivity index (χ1v) is 4.93. The van der Waals surface area contributed by atoms with Crippen LogP contribution < -0.4 is 5.73 Å². The molecule has 2 N–H and O–H groups in total. The fourth-order valence-electron chi connectivity index (χ4n) is 1.54. The molecule has 0 bridgehead atoms. The molecule has 5 heteroatoms. The molecule has 1 aromatic carbocycles. The largest absolute Gasteiger partial charge is 0.324 e. The van der Waals surface area contributed by atoms with Crippen molar-refractivity contribution in [2.24, 2.45) is 11.7 Å². The molecule has 0 unspecified atom stereocenters. The Morgan fingerprint density at radius 3 is 1.88 bits per heavy atom. The van der Waals surface area contributed by atoms with Crippen molar-refractivity contribution in [1.29, 1.82) is 0 Å². The molecule has 1 atom stereocenters. The zero-order valence-electron chi connectivity index (χ0n) is 9.03. The molecule has 0 aliphatic rings. The van der Waals surface area contributed by atoms with Gasteiger partial charge in [0.2, 0.25) is 0 Å². The van der Waals surface area contributed by atoms with Crippen LogP contribution in [-0.2, 0) is 0 Å². The quantitative estimate of drug-likeness (QED) is 0.631. The second-order valence-electron chi connectivity index (χ2n) is 4.12. The van der Waals surface area contributed by atoms with Crippen molar-refractivity contribution >= 4 is 0 Å². The molecular weight excluding hydrogens is 222 g/mol. The van der Waals surface area contributed by atoms with Gasteiger partial charge in [0.15, 0.2) is 23.3 Å². The van der Waals surface area contributed by atoms with Gasteiger partial charge in [-0.05, 0) is 12.3 Å². The van der Waals surface area contributed by atoms with Crippen LogP contribution in [0, 0.1) is 29.2 Å². The van der Waals surface area contributed by atoms with Gasteiger partial charge >= 0.3 is 0 Å². The molecule has 0 saturated heterocycles. The lowest BCUT2D eigenvalue weighted by Gasteiger charge is -2.16. The summed E-state index contributed by atoms with van der Waals surface area (Å²) in [6, 6.07) is -0.874.